The van der Waals surface area contributed by atoms with E-state index in [9.17, 15) is 9.59 Å². The Hall–Kier alpha value is -3.30. The smallest absolute Gasteiger partial charge is 0.271 e. The van der Waals surface area contributed by atoms with Gasteiger partial charge in [-0.1, -0.05) is 42.1 Å². The molecule has 0 radical (unpaired) electrons. The fourth-order valence-electron chi connectivity index (χ4n) is 3.13. The molecule has 2 heterocycles. The highest BCUT2D eigenvalue weighted by Gasteiger charge is 2.15. The van der Waals surface area contributed by atoms with Crippen LogP contribution >= 0.6 is 23.1 Å². The minimum atomic E-state index is -0.233. The molecule has 7 nitrogen and oxygen atoms in total. The maximum atomic E-state index is 12.9. The van der Waals surface area contributed by atoms with E-state index in [0.717, 1.165) is 10.4 Å². The summed E-state index contributed by atoms with van der Waals surface area (Å²) in [6.07, 6.45) is 0. The molecule has 0 saturated heterocycles. The number of methoxy groups -OCH3 is 2. The summed E-state index contributed by atoms with van der Waals surface area (Å²) in [7, 11) is 4.76. The van der Waals surface area contributed by atoms with Crippen LogP contribution in [0.25, 0.3) is 20.7 Å². The zero-order valence-electron chi connectivity index (χ0n) is 17.7. The lowest BCUT2D eigenvalue weighted by Gasteiger charge is -2.12. The lowest BCUT2D eigenvalue weighted by atomic mass is 10.2. The fraction of sp³-hybridized carbons (Fsp3) is 0.174. The van der Waals surface area contributed by atoms with Gasteiger partial charge in [0.15, 0.2) is 5.16 Å². The van der Waals surface area contributed by atoms with Gasteiger partial charge in [0.25, 0.3) is 5.56 Å². The van der Waals surface area contributed by atoms with Crippen molar-refractivity contribution < 1.29 is 14.3 Å². The van der Waals surface area contributed by atoms with Gasteiger partial charge in [0.05, 0.1) is 31.2 Å². The number of thiophene rings is 1. The Kier molecular flexibility index (Phi) is 6.48. The predicted octanol–water partition coefficient (Wildman–Crippen LogP) is 4.41. The van der Waals surface area contributed by atoms with Gasteiger partial charge in [0, 0.05) is 18.0 Å². The van der Waals surface area contributed by atoms with Crippen LogP contribution in [0.5, 0.6) is 11.5 Å². The van der Waals surface area contributed by atoms with Crippen molar-refractivity contribution in [2.24, 2.45) is 7.05 Å². The molecule has 0 fully saturated rings. The van der Waals surface area contributed by atoms with E-state index >= 15 is 0 Å². The number of rotatable bonds is 7. The van der Waals surface area contributed by atoms with Crippen LogP contribution < -0.4 is 20.3 Å². The number of fused-ring (bicyclic) bond motifs is 1. The first-order valence-electron chi connectivity index (χ1n) is 9.71. The van der Waals surface area contributed by atoms with Crippen molar-refractivity contribution in [3.8, 4) is 21.9 Å². The Morgan fingerprint density at radius 1 is 1.12 bits per heavy atom. The molecule has 4 aromatic rings. The lowest BCUT2D eigenvalue weighted by Crippen LogP contribution is -2.20. The number of hydrogen-bond donors (Lipinski definition) is 1. The van der Waals surface area contributed by atoms with Gasteiger partial charge in [0.1, 0.15) is 16.2 Å². The van der Waals surface area contributed by atoms with Gasteiger partial charge in [-0.15, -0.1) is 11.3 Å². The molecule has 1 amide bonds. The number of ether oxygens (including phenoxy) is 2. The van der Waals surface area contributed by atoms with Crippen LogP contribution in [0.4, 0.5) is 5.69 Å². The summed E-state index contributed by atoms with van der Waals surface area (Å²) < 4.78 is 12.6. The maximum Gasteiger partial charge on any atom is 0.271 e. The summed E-state index contributed by atoms with van der Waals surface area (Å²) in [4.78, 5) is 31.0. The molecule has 32 heavy (non-hydrogen) atoms. The Balaban J connectivity index is 1.52. The van der Waals surface area contributed by atoms with Crippen molar-refractivity contribution in [2.45, 2.75) is 5.16 Å². The Morgan fingerprint density at radius 2 is 1.91 bits per heavy atom. The molecule has 0 atom stereocenters. The van der Waals surface area contributed by atoms with Gasteiger partial charge in [0.2, 0.25) is 5.91 Å². The zero-order chi connectivity index (χ0) is 22.7. The molecule has 2 aromatic carbocycles. The van der Waals surface area contributed by atoms with E-state index in [-0.39, 0.29) is 17.2 Å². The van der Waals surface area contributed by atoms with Crippen molar-refractivity contribution in [2.75, 3.05) is 25.3 Å². The van der Waals surface area contributed by atoms with Gasteiger partial charge >= 0.3 is 0 Å². The second kappa shape index (κ2) is 9.46. The van der Waals surface area contributed by atoms with Crippen molar-refractivity contribution in [1.82, 2.24) is 9.55 Å². The number of benzene rings is 2. The zero-order valence-corrected chi connectivity index (χ0v) is 19.4. The molecule has 2 aromatic heterocycles. The van der Waals surface area contributed by atoms with E-state index < -0.39 is 0 Å². The average molecular weight is 468 g/mol. The Morgan fingerprint density at radius 3 is 2.62 bits per heavy atom. The van der Waals surface area contributed by atoms with Crippen LogP contribution in [-0.4, -0.2) is 35.4 Å². The van der Waals surface area contributed by atoms with Gasteiger partial charge < -0.3 is 14.8 Å². The van der Waals surface area contributed by atoms with E-state index in [1.54, 1.807) is 32.4 Å². The first-order chi connectivity index (χ1) is 15.5. The number of carbonyl (C=O) groups is 1. The van der Waals surface area contributed by atoms with Gasteiger partial charge in [-0.25, -0.2) is 4.98 Å². The molecule has 0 aliphatic carbocycles. The predicted molar refractivity (Wildman–Crippen MR) is 129 cm³/mol. The van der Waals surface area contributed by atoms with E-state index in [2.05, 4.69) is 10.3 Å². The van der Waals surface area contributed by atoms with Gasteiger partial charge in [-0.2, -0.15) is 0 Å². The van der Waals surface area contributed by atoms with Crippen LogP contribution in [0.2, 0.25) is 0 Å². The number of carbonyl (C=O) groups excluding carboxylic acids is 1. The quantitative estimate of drug-likeness (QED) is 0.320. The number of hydrogen-bond acceptors (Lipinski definition) is 7. The van der Waals surface area contributed by atoms with Crippen LogP contribution in [0.15, 0.2) is 64.5 Å². The van der Waals surface area contributed by atoms with Crippen molar-refractivity contribution in [1.29, 1.82) is 0 Å². The second-order valence-electron chi connectivity index (χ2n) is 6.85. The summed E-state index contributed by atoms with van der Waals surface area (Å²) in [5, 5.41) is 3.31. The Labute approximate surface area is 193 Å². The molecule has 0 aliphatic heterocycles. The number of nitrogens with one attached hydrogen (secondary N) is 1. The monoisotopic (exact) mass is 467 g/mol. The van der Waals surface area contributed by atoms with E-state index in [1.807, 2.05) is 36.4 Å². The molecule has 164 valence electrons. The van der Waals surface area contributed by atoms with Crippen LogP contribution in [0.1, 0.15) is 0 Å². The second-order valence-corrected chi connectivity index (χ2v) is 8.85. The van der Waals surface area contributed by atoms with Crippen LogP contribution in [0.3, 0.4) is 0 Å². The minimum Gasteiger partial charge on any atom is -0.497 e. The van der Waals surface area contributed by atoms with Crippen molar-refractivity contribution in [3.05, 3.63) is 65.0 Å². The first-order valence-corrected chi connectivity index (χ1v) is 11.5. The average Bonchev–Trinajstić information content (AvgIpc) is 3.25. The molecule has 0 unspecified atom stereocenters. The molecule has 4 rings (SSSR count). The summed E-state index contributed by atoms with van der Waals surface area (Å²) in [6, 6.07) is 17.0. The van der Waals surface area contributed by atoms with Gasteiger partial charge in [-0.3, -0.25) is 14.2 Å². The third kappa shape index (κ3) is 4.49. The summed E-state index contributed by atoms with van der Waals surface area (Å²) in [5.74, 6) is 0.994. The normalized spacial score (nSPS) is 10.8. The number of amides is 1. The number of anilines is 1. The van der Waals surface area contributed by atoms with Gasteiger partial charge in [-0.05, 0) is 23.8 Å². The highest BCUT2D eigenvalue weighted by Crippen LogP contribution is 2.32. The van der Waals surface area contributed by atoms with E-state index in [1.165, 1.54) is 34.8 Å². The molecular formula is C23H21N3O4S2. The molecule has 1 N–H and O–H groups in total. The number of thioether (sulfide) groups is 1. The summed E-state index contributed by atoms with van der Waals surface area (Å²) in [6.45, 7) is 0. The highest BCUT2D eigenvalue weighted by molar-refractivity contribution is 7.99. The molecule has 0 bridgehead atoms. The van der Waals surface area contributed by atoms with Crippen LogP contribution in [0, 0.1) is 0 Å². The maximum absolute atomic E-state index is 12.9. The summed E-state index contributed by atoms with van der Waals surface area (Å²) in [5.41, 5.74) is 2.10. The topological polar surface area (TPSA) is 82.5 Å². The Bertz CT molecular complexity index is 1330. The third-order valence-electron chi connectivity index (χ3n) is 4.79. The lowest BCUT2D eigenvalue weighted by molar-refractivity contribution is -0.113. The standard InChI is InChI=1S/C23H21N3O4S2/c1-26-22(28)21-17(12-19(32-21)14-7-5-4-6-8-14)25-23(26)31-13-20(27)24-16-10-9-15(29-2)11-18(16)30-3/h4-12H,13H2,1-3H3,(H,24,27). The SMILES string of the molecule is COc1ccc(NC(=O)CSc2nc3cc(-c4ccccc4)sc3c(=O)n2C)c(OC)c1. The molecule has 9 heteroatoms. The molecule has 0 spiro atoms. The molecule has 0 saturated carbocycles. The van der Waals surface area contributed by atoms with Crippen molar-refractivity contribution in [3.63, 3.8) is 0 Å². The molecule has 0 aliphatic rings. The van der Waals surface area contributed by atoms with Crippen molar-refractivity contribution >= 4 is 44.9 Å². The number of nitrogens with zero attached hydrogens (tertiary/aromatic N) is 2. The number of aromatic nitrogens is 2. The fourth-order valence-corrected chi connectivity index (χ4v) is 4.98. The minimum absolute atomic E-state index is 0.0939. The van der Waals surface area contributed by atoms with E-state index in [4.69, 9.17) is 9.47 Å². The summed E-state index contributed by atoms with van der Waals surface area (Å²) >= 11 is 2.63. The van der Waals surface area contributed by atoms with E-state index in [0.29, 0.717) is 32.6 Å². The van der Waals surface area contributed by atoms with Crippen LogP contribution in [-0.2, 0) is 11.8 Å². The first kappa shape index (κ1) is 21.9. The third-order valence-corrected chi connectivity index (χ3v) is 6.98. The largest absolute Gasteiger partial charge is 0.497 e. The molecular weight excluding hydrogens is 446 g/mol. The highest BCUT2D eigenvalue weighted by atomic mass is 32.2.